The third kappa shape index (κ3) is 6.56. The molecule has 114 valence electrons. The van der Waals surface area contributed by atoms with Crippen molar-refractivity contribution < 1.29 is 0 Å². The van der Waals surface area contributed by atoms with Crippen molar-refractivity contribution in [2.24, 2.45) is 0 Å². The second kappa shape index (κ2) is 9.17. The summed E-state index contributed by atoms with van der Waals surface area (Å²) >= 11 is 0. The minimum atomic E-state index is 0.783. The van der Waals surface area contributed by atoms with Crippen LogP contribution in [0.2, 0.25) is 0 Å². The molecule has 1 fully saturated rings. The molecule has 3 heteroatoms. The lowest BCUT2D eigenvalue weighted by atomic mass is 10.1. The molecule has 1 aliphatic rings. The van der Waals surface area contributed by atoms with Gasteiger partial charge < -0.3 is 5.32 Å². The van der Waals surface area contributed by atoms with Crippen LogP contribution in [0.25, 0.3) is 0 Å². The molecule has 1 saturated carbocycles. The van der Waals surface area contributed by atoms with Crippen molar-refractivity contribution in [1.82, 2.24) is 15.1 Å². The highest BCUT2D eigenvalue weighted by atomic mass is 15.3. The maximum Gasteiger partial charge on any atom is 0.0534 e. The SMILES string of the molecule is CCCCCCCCCCn1cc(CNC2CC2)cn1. The van der Waals surface area contributed by atoms with Crippen LogP contribution in [-0.2, 0) is 13.1 Å². The van der Waals surface area contributed by atoms with Gasteiger partial charge in [-0.05, 0) is 19.3 Å². The van der Waals surface area contributed by atoms with Gasteiger partial charge in [-0.2, -0.15) is 5.10 Å². The molecular weight excluding hydrogens is 246 g/mol. The monoisotopic (exact) mass is 277 g/mol. The molecule has 0 saturated heterocycles. The van der Waals surface area contributed by atoms with E-state index < -0.39 is 0 Å². The van der Waals surface area contributed by atoms with Crippen LogP contribution in [0, 0.1) is 0 Å². The summed E-state index contributed by atoms with van der Waals surface area (Å²) in [6.07, 6.45) is 17.9. The van der Waals surface area contributed by atoms with Crippen molar-refractivity contribution in [2.75, 3.05) is 0 Å². The van der Waals surface area contributed by atoms with Gasteiger partial charge >= 0.3 is 0 Å². The van der Waals surface area contributed by atoms with Gasteiger partial charge in [-0.15, -0.1) is 0 Å². The molecule has 0 spiro atoms. The summed E-state index contributed by atoms with van der Waals surface area (Å²) in [5, 5.41) is 7.98. The number of hydrogen-bond donors (Lipinski definition) is 1. The second-order valence-corrected chi connectivity index (χ2v) is 6.24. The van der Waals surface area contributed by atoms with Crippen molar-refractivity contribution in [3.8, 4) is 0 Å². The van der Waals surface area contributed by atoms with E-state index in [1.54, 1.807) is 0 Å². The normalized spacial score (nSPS) is 14.8. The minimum Gasteiger partial charge on any atom is -0.310 e. The first-order chi connectivity index (χ1) is 9.88. The fourth-order valence-electron chi connectivity index (χ4n) is 2.58. The summed E-state index contributed by atoms with van der Waals surface area (Å²) in [5.74, 6) is 0. The van der Waals surface area contributed by atoms with E-state index >= 15 is 0 Å². The Balaban J connectivity index is 1.46. The molecule has 0 amide bonds. The van der Waals surface area contributed by atoms with Gasteiger partial charge in [0.05, 0.1) is 6.20 Å². The van der Waals surface area contributed by atoms with Crippen LogP contribution in [0.3, 0.4) is 0 Å². The maximum absolute atomic E-state index is 4.45. The molecule has 1 aromatic rings. The number of nitrogens with one attached hydrogen (secondary N) is 1. The van der Waals surface area contributed by atoms with Crippen LogP contribution >= 0.6 is 0 Å². The zero-order valence-corrected chi connectivity index (χ0v) is 13.1. The largest absolute Gasteiger partial charge is 0.310 e. The highest BCUT2D eigenvalue weighted by Gasteiger charge is 2.20. The first kappa shape index (κ1) is 15.6. The topological polar surface area (TPSA) is 29.9 Å². The van der Waals surface area contributed by atoms with Gasteiger partial charge in [-0.1, -0.05) is 51.9 Å². The smallest absolute Gasteiger partial charge is 0.0534 e. The molecule has 1 N–H and O–H groups in total. The van der Waals surface area contributed by atoms with Gasteiger partial charge in [-0.3, -0.25) is 4.68 Å². The van der Waals surface area contributed by atoms with Gasteiger partial charge in [-0.25, -0.2) is 0 Å². The summed E-state index contributed by atoms with van der Waals surface area (Å²) in [4.78, 5) is 0. The van der Waals surface area contributed by atoms with Crippen LogP contribution < -0.4 is 5.32 Å². The Bertz CT molecular complexity index is 355. The van der Waals surface area contributed by atoms with Crippen molar-refractivity contribution >= 4 is 0 Å². The Labute approximate surface area is 124 Å². The molecular formula is C17H31N3. The molecule has 0 aromatic carbocycles. The lowest BCUT2D eigenvalue weighted by Crippen LogP contribution is -2.14. The second-order valence-electron chi connectivity index (χ2n) is 6.24. The fourth-order valence-corrected chi connectivity index (χ4v) is 2.58. The number of unbranched alkanes of at least 4 members (excludes halogenated alkanes) is 7. The first-order valence-corrected chi connectivity index (χ1v) is 8.63. The Hall–Kier alpha value is -0.830. The van der Waals surface area contributed by atoms with Crippen LogP contribution in [0.1, 0.15) is 76.7 Å². The predicted octanol–water partition coefficient (Wildman–Crippen LogP) is 4.28. The van der Waals surface area contributed by atoms with Crippen molar-refractivity contribution in [2.45, 2.75) is 90.3 Å². The maximum atomic E-state index is 4.45. The summed E-state index contributed by atoms with van der Waals surface area (Å²) in [6, 6.07) is 0.783. The van der Waals surface area contributed by atoms with E-state index in [1.807, 2.05) is 6.20 Å². The van der Waals surface area contributed by atoms with Crippen LogP contribution in [0.15, 0.2) is 12.4 Å². The minimum absolute atomic E-state index is 0.783. The van der Waals surface area contributed by atoms with E-state index in [1.165, 1.54) is 69.8 Å². The summed E-state index contributed by atoms with van der Waals surface area (Å²) < 4.78 is 2.11. The van der Waals surface area contributed by atoms with Crippen LogP contribution in [-0.4, -0.2) is 15.8 Å². The number of aromatic nitrogens is 2. The average Bonchev–Trinajstić information content (AvgIpc) is 3.18. The third-order valence-corrected chi connectivity index (χ3v) is 4.10. The summed E-state index contributed by atoms with van der Waals surface area (Å²) in [5.41, 5.74) is 1.33. The highest BCUT2D eigenvalue weighted by molar-refractivity contribution is 5.04. The molecule has 3 nitrogen and oxygen atoms in total. The van der Waals surface area contributed by atoms with E-state index in [-0.39, 0.29) is 0 Å². The van der Waals surface area contributed by atoms with E-state index in [0.717, 1.165) is 19.1 Å². The van der Waals surface area contributed by atoms with Crippen molar-refractivity contribution in [3.05, 3.63) is 18.0 Å². The number of hydrogen-bond acceptors (Lipinski definition) is 2. The Morgan fingerprint density at radius 1 is 1.10 bits per heavy atom. The van der Waals surface area contributed by atoms with E-state index in [2.05, 4.69) is 28.2 Å². The molecule has 1 heterocycles. The number of aryl methyl sites for hydroxylation is 1. The lowest BCUT2D eigenvalue weighted by molar-refractivity contribution is 0.519. The fraction of sp³-hybridized carbons (Fsp3) is 0.824. The van der Waals surface area contributed by atoms with Gasteiger partial charge in [0.1, 0.15) is 0 Å². The van der Waals surface area contributed by atoms with E-state index in [4.69, 9.17) is 0 Å². The zero-order valence-electron chi connectivity index (χ0n) is 13.1. The molecule has 2 rings (SSSR count). The first-order valence-electron chi connectivity index (χ1n) is 8.63. The average molecular weight is 277 g/mol. The quantitative estimate of drug-likeness (QED) is 0.578. The Kier molecular flexibility index (Phi) is 7.13. The van der Waals surface area contributed by atoms with Crippen LogP contribution in [0.4, 0.5) is 0 Å². The number of nitrogens with zero attached hydrogens (tertiary/aromatic N) is 2. The molecule has 0 radical (unpaired) electrons. The molecule has 0 atom stereocenters. The lowest BCUT2D eigenvalue weighted by Gasteiger charge is -2.02. The van der Waals surface area contributed by atoms with E-state index in [0.29, 0.717) is 0 Å². The Morgan fingerprint density at radius 3 is 2.50 bits per heavy atom. The number of rotatable bonds is 12. The highest BCUT2D eigenvalue weighted by Crippen LogP contribution is 2.19. The molecule has 20 heavy (non-hydrogen) atoms. The van der Waals surface area contributed by atoms with Crippen molar-refractivity contribution in [1.29, 1.82) is 0 Å². The van der Waals surface area contributed by atoms with Gasteiger partial charge in [0, 0.05) is 30.9 Å². The standard InChI is InChI=1S/C17H31N3/c1-2-3-4-5-6-7-8-9-12-20-15-16(14-19-20)13-18-17-10-11-17/h14-15,17-18H,2-13H2,1H3. The van der Waals surface area contributed by atoms with Gasteiger partial charge in [0.25, 0.3) is 0 Å². The van der Waals surface area contributed by atoms with E-state index in [9.17, 15) is 0 Å². The Morgan fingerprint density at radius 2 is 1.80 bits per heavy atom. The van der Waals surface area contributed by atoms with Gasteiger partial charge in [0.15, 0.2) is 0 Å². The predicted molar refractivity (Wildman–Crippen MR) is 84.7 cm³/mol. The molecule has 1 aliphatic carbocycles. The molecule has 0 bridgehead atoms. The summed E-state index contributed by atoms with van der Waals surface area (Å²) in [6.45, 7) is 4.35. The van der Waals surface area contributed by atoms with Crippen LogP contribution in [0.5, 0.6) is 0 Å². The summed E-state index contributed by atoms with van der Waals surface area (Å²) in [7, 11) is 0. The van der Waals surface area contributed by atoms with Gasteiger partial charge in [0.2, 0.25) is 0 Å². The zero-order chi connectivity index (χ0) is 14.0. The van der Waals surface area contributed by atoms with Crippen molar-refractivity contribution in [3.63, 3.8) is 0 Å². The molecule has 0 unspecified atom stereocenters. The molecule has 0 aliphatic heterocycles. The molecule has 1 aromatic heterocycles. The third-order valence-electron chi connectivity index (χ3n) is 4.10.